The van der Waals surface area contributed by atoms with Crippen molar-refractivity contribution in [1.82, 2.24) is 14.8 Å². The van der Waals surface area contributed by atoms with Gasteiger partial charge in [-0.15, -0.1) is 0 Å². The van der Waals surface area contributed by atoms with Crippen molar-refractivity contribution in [3.63, 3.8) is 0 Å². The van der Waals surface area contributed by atoms with E-state index in [4.69, 9.17) is 16.6 Å². The second-order valence-electron chi connectivity index (χ2n) is 7.37. The van der Waals surface area contributed by atoms with Gasteiger partial charge in [0, 0.05) is 42.3 Å². The lowest BCUT2D eigenvalue weighted by atomic mass is 9.94. The lowest BCUT2D eigenvalue weighted by molar-refractivity contribution is 0.0507. The largest absolute Gasteiger partial charge is 0.465 e. The molecule has 0 bridgehead atoms. The number of fused-ring (bicyclic) bond motifs is 2. The highest BCUT2D eigenvalue weighted by molar-refractivity contribution is 6.36. The van der Waals surface area contributed by atoms with Gasteiger partial charge in [0.15, 0.2) is 0 Å². The summed E-state index contributed by atoms with van der Waals surface area (Å²) in [5.74, 6) is -0.0931. The maximum atomic E-state index is 12.9. The van der Waals surface area contributed by atoms with Crippen molar-refractivity contribution >= 4 is 34.5 Å². The smallest absolute Gasteiger partial charge is 0.407 e. The van der Waals surface area contributed by atoms with Crippen LogP contribution in [0.25, 0.3) is 10.9 Å². The van der Waals surface area contributed by atoms with Gasteiger partial charge in [-0.05, 0) is 50.3 Å². The highest BCUT2D eigenvalue weighted by atomic mass is 35.5. The summed E-state index contributed by atoms with van der Waals surface area (Å²) >= 11 is 6.61. The van der Waals surface area contributed by atoms with Gasteiger partial charge < -0.3 is 14.9 Å². The first-order valence-electron chi connectivity index (χ1n) is 9.35. The number of hydrogen-bond acceptors (Lipinski definition) is 3. The average molecular weight is 388 g/mol. The van der Waals surface area contributed by atoms with Crippen LogP contribution in [-0.2, 0) is 12.8 Å². The Kier molecular flexibility index (Phi) is 4.68. The molecule has 1 saturated heterocycles. The third-order valence-corrected chi connectivity index (χ3v) is 6.03. The Morgan fingerprint density at radius 2 is 2.00 bits per heavy atom. The minimum atomic E-state index is -0.941. The van der Waals surface area contributed by atoms with E-state index in [-0.39, 0.29) is 11.9 Å². The second kappa shape index (κ2) is 7.00. The van der Waals surface area contributed by atoms with Gasteiger partial charge in [0.1, 0.15) is 0 Å². The molecule has 1 aliphatic heterocycles. The lowest BCUT2D eigenvalue weighted by Crippen LogP contribution is -2.55. The van der Waals surface area contributed by atoms with Crippen LogP contribution >= 0.6 is 11.6 Å². The highest BCUT2D eigenvalue weighted by Gasteiger charge is 2.30. The van der Waals surface area contributed by atoms with Crippen molar-refractivity contribution in [3.05, 3.63) is 40.0 Å². The Balaban J connectivity index is 1.62. The van der Waals surface area contributed by atoms with E-state index in [1.165, 1.54) is 4.90 Å². The van der Waals surface area contributed by atoms with Gasteiger partial charge in [-0.2, -0.15) is 0 Å². The molecule has 2 aromatic rings. The Hall–Kier alpha value is -2.34. The highest BCUT2D eigenvalue weighted by Crippen LogP contribution is 2.33. The summed E-state index contributed by atoms with van der Waals surface area (Å²) in [5.41, 5.74) is 3.52. The number of carbonyl (C=O) groups excluding carboxylic acids is 1. The molecule has 1 unspecified atom stereocenters. The van der Waals surface area contributed by atoms with Crippen LogP contribution in [0.5, 0.6) is 0 Å². The van der Waals surface area contributed by atoms with E-state index in [1.807, 2.05) is 19.1 Å². The first-order chi connectivity index (χ1) is 13.0. The molecule has 0 saturated carbocycles. The zero-order chi connectivity index (χ0) is 19.1. The first kappa shape index (κ1) is 18.0. The molecule has 0 spiro atoms. The van der Waals surface area contributed by atoms with Crippen molar-refractivity contribution in [2.75, 3.05) is 19.6 Å². The van der Waals surface area contributed by atoms with E-state index in [2.05, 4.69) is 0 Å². The van der Waals surface area contributed by atoms with Gasteiger partial charge in [-0.1, -0.05) is 17.7 Å². The third-order valence-electron chi connectivity index (χ3n) is 5.60. The van der Waals surface area contributed by atoms with Crippen molar-refractivity contribution in [1.29, 1.82) is 0 Å². The summed E-state index contributed by atoms with van der Waals surface area (Å²) in [6.45, 7) is 2.93. The van der Waals surface area contributed by atoms with E-state index >= 15 is 0 Å². The van der Waals surface area contributed by atoms with Gasteiger partial charge in [-0.25, -0.2) is 4.79 Å². The number of aryl methyl sites for hydroxylation is 1. The molecular formula is C20H22ClN3O3. The van der Waals surface area contributed by atoms with Crippen LogP contribution in [0.15, 0.2) is 18.2 Å². The summed E-state index contributed by atoms with van der Waals surface area (Å²) in [5, 5.41) is 10.8. The van der Waals surface area contributed by atoms with E-state index in [1.54, 1.807) is 11.0 Å². The molecule has 2 heterocycles. The number of halogens is 1. The number of carboxylic acid groups (broad SMARTS) is 1. The van der Waals surface area contributed by atoms with Crippen molar-refractivity contribution in [2.45, 2.75) is 38.6 Å². The van der Waals surface area contributed by atoms with Crippen LogP contribution in [0.1, 0.15) is 41.4 Å². The van der Waals surface area contributed by atoms with Crippen LogP contribution in [0.2, 0.25) is 5.02 Å². The Morgan fingerprint density at radius 1 is 1.22 bits per heavy atom. The molecule has 4 rings (SSSR count). The SMILES string of the molecule is CC1CN(C(=O)c2ccc3c(Cl)c4c(nc3c2)CCCC4)CCN1C(=O)O. The lowest BCUT2D eigenvalue weighted by Gasteiger charge is -2.38. The number of benzene rings is 1. The number of hydrogen-bond donors (Lipinski definition) is 1. The Morgan fingerprint density at radius 3 is 2.74 bits per heavy atom. The molecule has 2 aliphatic rings. The number of piperazine rings is 1. The molecule has 1 aliphatic carbocycles. The monoisotopic (exact) mass is 387 g/mol. The molecule has 1 N–H and O–H groups in total. The molecule has 1 fully saturated rings. The fourth-order valence-electron chi connectivity index (χ4n) is 4.11. The van der Waals surface area contributed by atoms with Gasteiger partial charge >= 0.3 is 6.09 Å². The zero-order valence-electron chi connectivity index (χ0n) is 15.2. The van der Waals surface area contributed by atoms with Gasteiger partial charge in [0.05, 0.1) is 10.5 Å². The molecule has 1 atom stereocenters. The molecule has 0 radical (unpaired) electrons. The molecule has 6 nitrogen and oxygen atoms in total. The molecule has 1 aromatic heterocycles. The van der Waals surface area contributed by atoms with Crippen molar-refractivity contribution in [3.8, 4) is 0 Å². The van der Waals surface area contributed by atoms with Crippen LogP contribution in [0.3, 0.4) is 0 Å². The fourth-order valence-corrected chi connectivity index (χ4v) is 4.47. The summed E-state index contributed by atoms with van der Waals surface area (Å²) < 4.78 is 0. The minimum Gasteiger partial charge on any atom is -0.465 e. The number of pyridine rings is 1. The van der Waals surface area contributed by atoms with Crippen LogP contribution in [-0.4, -0.2) is 57.6 Å². The van der Waals surface area contributed by atoms with Crippen LogP contribution in [0.4, 0.5) is 4.79 Å². The Labute approximate surface area is 162 Å². The van der Waals surface area contributed by atoms with E-state index in [9.17, 15) is 14.7 Å². The maximum absolute atomic E-state index is 12.9. The second-order valence-corrected chi connectivity index (χ2v) is 7.74. The molecule has 142 valence electrons. The number of rotatable bonds is 1. The van der Waals surface area contributed by atoms with Crippen molar-refractivity contribution < 1.29 is 14.7 Å². The zero-order valence-corrected chi connectivity index (χ0v) is 16.0. The minimum absolute atomic E-state index is 0.0931. The Bertz CT molecular complexity index is 930. The molecular weight excluding hydrogens is 366 g/mol. The van der Waals surface area contributed by atoms with Gasteiger partial charge in [0.2, 0.25) is 0 Å². The van der Waals surface area contributed by atoms with E-state index < -0.39 is 6.09 Å². The average Bonchev–Trinajstić information content (AvgIpc) is 2.67. The van der Waals surface area contributed by atoms with Gasteiger partial charge in [-0.3, -0.25) is 9.78 Å². The molecule has 27 heavy (non-hydrogen) atoms. The van der Waals surface area contributed by atoms with Gasteiger partial charge in [0.25, 0.3) is 5.91 Å². The molecule has 2 amide bonds. The maximum Gasteiger partial charge on any atom is 0.407 e. The quantitative estimate of drug-likeness (QED) is 0.811. The van der Waals surface area contributed by atoms with Crippen molar-refractivity contribution in [2.24, 2.45) is 0 Å². The third kappa shape index (κ3) is 3.23. The number of aromatic nitrogens is 1. The molecule has 1 aromatic carbocycles. The number of carbonyl (C=O) groups is 2. The predicted molar refractivity (Wildman–Crippen MR) is 103 cm³/mol. The standard InChI is InChI=1S/C20H22ClN3O3/c1-12-11-23(8-9-24(12)20(26)27)19(25)13-6-7-15-17(10-13)22-16-5-3-2-4-14(16)18(15)21/h6-7,10,12H,2-5,8-9,11H2,1H3,(H,26,27). The normalized spacial score (nSPS) is 19.9. The fraction of sp³-hybridized carbons (Fsp3) is 0.450. The summed E-state index contributed by atoms with van der Waals surface area (Å²) in [4.78, 5) is 32.0. The van der Waals surface area contributed by atoms with Crippen LogP contribution < -0.4 is 0 Å². The summed E-state index contributed by atoms with van der Waals surface area (Å²) in [6, 6.07) is 5.26. The first-order valence-corrected chi connectivity index (χ1v) is 9.73. The number of nitrogens with zero attached hydrogens (tertiary/aromatic N) is 3. The van der Waals surface area contributed by atoms with E-state index in [0.29, 0.717) is 25.2 Å². The predicted octanol–water partition coefficient (Wildman–Crippen LogP) is 3.59. The summed E-state index contributed by atoms with van der Waals surface area (Å²) in [6.07, 6.45) is 3.20. The summed E-state index contributed by atoms with van der Waals surface area (Å²) in [7, 11) is 0. The van der Waals surface area contributed by atoms with E-state index in [0.717, 1.165) is 52.9 Å². The molecule has 7 heteroatoms. The topological polar surface area (TPSA) is 73.7 Å². The number of amides is 2. The van der Waals surface area contributed by atoms with Crippen LogP contribution in [0, 0.1) is 0 Å².